The lowest BCUT2D eigenvalue weighted by atomic mass is 10.0. The summed E-state index contributed by atoms with van der Waals surface area (Å²) in [5.41, 5.74) is 0.481. The molecule has 0 aliphatic carbocycles. The number of nitrogens with zero attached hydrogens (tertiary/aromatic N) is 1. The quantitative estimate of drug-likeness (QED) is 0.677. The molecule has 1 aromatic carbocycles. The highest BCUT2D eigenvalue weighted by atomic mass is 16.5. The second kappa shape index (κ2) is 7.58. The first-order chi connectivity index (χ1) is 10.2. The fraction of sp³-hybridized carbons (Fsp3) is 0.278. The van der Waals surface area contributed by atoms with Gasteiger partial charge in [-0.1, -0.05) is 48.2 Å². The van der Waals surface area contributed by atoms with Crippen LogP contribution in [-0.2, 0) is 16.9 Å². The number of pyridine rings is 1. The summed E-state index contributed by atoms with van der Waals surface area (Å²) in [6, 6.07) is 15.4. The molecule has 3 nitrogen and oxygen atoms in total. The van der Waals surface area contributed by atoms with Gasteiger partial charge in [0, 0.05) is 12.6 Å². The Morgan fingerprint density at radius 2 is 1.90 bits per heavy atom. The largest absolute Gasteiger partial charge is 0.376 e. The van der Waals surface area contributed by atoms with Crippen LogP contribution in [-0.4, -0.2) is 16.7 Å². The minimum atomic E-state index is -1.22. The van der Waals surface area contributed by atoms with Crippen molar-refractivity contribution in [3.05, 3.63) is 66.0 Å². The standard InChI is InChI=1S/C18H19NO2/c1-18(20,17-11-5-7-13-19-17)12-6-8-14-21-15-16-9-3-2-4-10-16/h2-5,7,9-11,13,20H,8,14-15H2,1H3. The van der Waals surface area contributed by atoms with Gasteiger partial charge in [-0.3, -0.25) is 4.98 Å². The summed E-state index contributed by atoms with van der Waals surface area (Å²) in [7, 11) is 0. The van der Waals surface area contributed by atoms with Crippen molar-refractivity contribution in [3.8, 4) is 11.8 Å². The van der Waals surface area contributed by atoms with Crippen LogP contribution in [0.2, 0.25) is 0 Å². The molecule has 0 amide bonds. The van der Waals surface area contributed by atoms with Crippen LogP contribution in [0.5, 0.6) is 0 Å². The van der Waals surface area contributed by atoms with Gasteiger partial charge in [0.2, 0.25) is 0 Å². The average Bonchev–Trinajstić information content (AvgIpc) is 2.52. The van der Waals surface area contributed by atoms with Crippen molar-refractivity contribution in [2.24, 2.45) is 0 Å². The van der Waals surface area contributed by atoms with E-state index in [0.29, 0.717) is 25.3 Å². The van der Waals surface area contributed by atoms with Crippen LogP contribution in [0.1, 0.15) is 24.6 Å². The number of ether oxygens (including phenoxy) is 1. The third-order valence-electron chi connectivity index (χ3n) is 2.98. The minimum absolute atomic E-state index is 0.542. The summed E-state index contributed by atoms with van der Waals surface area (Å²) < 4.78 is 5.54. The van der Waals surface area contributed by atoms with Crippen LogP contribution in [0.4, 0.5) is 0 Å². The fourth-order valence-electron chi connectivity index (χ4n) is 1.84. The van der Waals surface area contributed by atoms with Crippen LogP contribution < -0.4 is 0 Å². The molecule has 2 rings (SSSR count). The van der Waals surface area contributed by atoms with E-state index in [9.17, 15) is 5.11 Å². The molecule has 2 aromatic rings. The molecule has 0 saturated heterocycles. The summed E-state index contributed by atoms with van der Waals surface area (Å²) in [6.07, 6.45) is 2.23. The van der Waals surface area contributed by atoms with Crippen molar-refractivity contribution in [1.82, 2.24) is 4.98 Å². The van der Waals surface area contributed by atoms with E-state index >= 15 is 0 Å². The Morgan fingerprint density at radius 1 is 1.14 bits per heavy atom. The molecular weight excluding hydrogens is 262 g/mol. The number of aromatic nitrogens is 1. The summed E-state index contributed by atoms with van der Waals surface area (Å²) >= 11 is 0. The maximum Gasteiger partial charge on any atom is 0.164 e. The van der Waals surface area contributed by atoms with Gasteiger partial charge in [0.1, 0.15) is 0 Å². The number of hydrogen-bond donors (Lipinski definition) is 1. The van der Waals surface area contributed by atoms with E-state index in [1.807, 2.05) is 42.5 Å². The Hall–Kier alpha value is -2.15. The number of benzene rings is 1. The van der Waals surface area contributed by atoms with E-state index in [1.54, 1.807) is 19.2 Å². The van der Waals surface area contributed by atoms with E-state index < -0.39 is 5.60 Å². The highest BCUT2D eigenvalue weighted by Crippen LogP contribution is 2.16. The summed E-state index contributed by atoms with van der Waals surface area (Å²) in [5.74, 6) is 5.78. The third-order valence-corrected chi connectivity index (χ3v) is 2.98. The molecule has 0 aliphatic heterocycles. The Labute approximate surface area is 125 Å². The van der Waals surface area contributed by atoms with Gasteiger partial charge in [-0.05, 0) is 24.6 Å². The Bertz CT molecular complexity index is 597. The van der Waals surface area contributed by atoms with Crippen LogP contribution >= 0.6 is 0 Å². The second-order valence-corrected chi connectivity index (χ2v) is 4.88. The SMILES string of the molecule is CC(O)(C#CCCOCc1ccccc1)c1ccccn1. The molecular formula is C18H19NO2. The van der Waals surface area contributed by atoms with Crippen molar-refractivity contribution in [2.45, 2.75) is 25.6 Å². The van der Waals surface area contributed by atoms with Gasteiger partial charge in [0.25, 0.3) is 0 Å². The summed E-state index contributed by atoms with van der Waals surface area (Å²) in [4.78, 5) is 4.12. The zero-order chi connectivity index (χ0) is 15.0. The molecule has 3 heteroatoms. The Kier molecular flexibility index (Phi) is 5.51. The van der Waals surface area contributed by atoms with Crippen LogP contribution in [0.15, 0.2) is 54.7 Å². The molecule has 0 radical (unpaired) electrons. The van der Waals surface area contributed by atoms with Crippen molar-refractivity contribution in [2.75, 3.05) is 6.61 Å². The molecule has 1 atom stereocenters. The lowest BCUT2D eigenvalue weighted by Crippen LogP contribution is -2.19. The molecule has 0 spiro atoms. The first kappa shape index (κ1) is 15.2. The van der Waals surface area contributed by atoms with Gasteiger partial charge in [0.05, 0.1) is 18.9 Å². The lowest BCUT2D eigenvalue weighted by Gasteiger charge is -2.14. The van der Waals surface area contributed by atoms with Crippen molar-refractivity contribution >= 4 is 0 Å². The zero-order valence-electron chi connectivity index (χ0n) is 12.1. The lowest BCUT2D eigenvalue weighted by molar-refractivity contribution is 0.116. The van der Waals surface area contributed by atoms with Crippen LogP contribution in [0.3, 0.4) is 0 Å². The van der Waals surface area contributed by atoms with Gasteiger partial charge in [-0.15, -0.1) is 0 Å². The van der Waals surface area contributed by atoms with Crippen LogP contribution in [0.25, 0.3) is 0 Å². The van der Waals surface area contributed by atoms with E-state index in [0.717, 1.165) is 5.56 Å². The number of hydrogen-bond acceptors (Lipinski definition) is 3. The van der Waals surface area contributed by atoms with Gasteiger partial charge in [-0.2, -0.15) is 0 Å². The van der Waals surface area contributed by atoms with E-state index in [1.165, 1.54) is 0 Å². The van der Waals surface area contributed by atoms with Gasteiger partial charge in [-0.25, -0.2) is 0 Å². The zero-order valence-corrected chi connectivity index (χ0v) is 12.1. The molecule has 1 unspecified atom stereocenters. The van der Waals surface area contributed by atoms with Gasteiger partial charge in [0.15, 0.2) is 5.60 Å². The molecule has 1 aromatic heterocycles. The van der Waals surface area contributed by atoms with Crippen molar-refractivity contribution in [1.29, 1.82) is 0 Å². The topological polar surface area (TPSA) is 42.4 Å². The Morgan fingerprint density at radius 3 is 2.62 bits per heavy atom. The molecule has 1 N–H and O–H groups in total. The molecule has 108 valence electrons. The smallest absolute Gasteiger partial charge is 0.164 e. The predicted molar refractivity (Wildman–Crippen MR) is 82.3 cm³/mol. The van der Waals surface area contributed by atoms with E-state index in [2.05, 4.69) is 16.8 Å². The third kappa shape index (κ3) is 5.03. The molecule has 0 fully saturated rings. The monoisotopic (exact) mass is 281 g/mol. The predicted octanol–water partition coefficient (Wildman–Crippen LogP) is 2.90. The first-order valence-corrected chi connectivity index (χ1v) is 6.94. The molecule has 1 heterocycles. The molecule has 0 aliphatic rings. The summed E-state index contributed by atoms with van der Waals surface area (Å²) in [5, 5.41) is 10.2. The first-order valence-electron chi connectivity index (χ1n) is 6.94. The average molecular weight is 281 g/mol. The highest BCUT2D eigenvalue weighted by molar-refractivity contribution is 5.24. The summed E-state index contributed by atoms with van der Waals surface area (Å²) in [6.45, 7) is 2.77. The second-order valence-electron chi connectivity index (χ2n) is 4.88. The highest BCUT2D eigenvalue weighted by Gasteiger charge is 2.20. The molecule has 21 heavy (non-hydrogen) atoms. The van der Waals surface area contributed by atoms with E-state index in [4.69, 9.17) is 4.74 Å². The maximum atomic E-state index is 10.2. The van der Waals surface area contributed by atoms with Crippen molar-refractivity contribution in [3.63, 3.8) is 0 Å². The Balaban J connectivity index is 1.76. The fourth-order valence-corrected chi connectivity index (χ4v) is 1.84. The molecule has 0 bridgehead atoms. The van der Waals surface area contributed by atoms with Crippen LogP contribution in [0, 0.1) is 11.8 Å². The minimum Gasteiger partial charge on any atom is -0.376 e. The van der Waals surface area contributed by atoms with Gasteiger partial charge >= 0.3 is 0 Å². The normalized spacial score (nSPS) is 13.0. The number of aliphatic hydroxyl groups is 1. The van der Waals surface area contributed by atoms with Gasteiger partial charge < -0.3 is 9.84 Å². The van der Waals surface area contributed by atoms with E-state index in [-0.39, 0.29) is 0 Å². The maximum absolute atomic E-state index is 10.2. The van der Waals surface area contributed by atoms with Crippen molar-refractivity contribution < 1.29 is 9.84 Å². The molecule has 0 saturated carbocycles. The number of rotatable bonds is 5.